The minimum absolute atomic E-state index is 0.278. The first-order valence-electron chi connectivity index (χ1n) is 6.06. The quantitative estimate of drug-likeness (QED) is 0.656. The van der Waals surface area contributed by atoms with Gasteiger partial charge in [0.05, 0.1) is 31.6 Å². The van der Waals surface area contributed by atoms with Crippen molar-refractivity contribution in [3.05, 3.63) is 18.0 Å². The molecule has 0 amide bonds. The van der Waals surface area contributed by atoms with Gasteiger partial charge in [-0.3, -0.25) is 4.68 Å². The predicted molar refractivity (Wildman–Crippen MR) is 66.9 cm³/mol. The molecule has 1 N–H and O–H groups in total. The first kappa shape index (κ1) is 14.2. The normalized spacial score (nSPS) is 11.3. The van der Waals surface area contributed by atoms with E-state index in [4.69, 9.17) is 9.47 Å². The Balaban J connectivity index is 2.18. The molecule has 0 atom stereocenters. The van der Waals surface area contributed by atoms with Crippen molar-refractivity contribution in [3.8, 4) is 0 Å². The van der Waals surface area contributed by atoms with Crippen LogP contribution in [0.15, 0.2) is 12.3 Å². The Hall–Kier alpha value is -0.910. The van der Waals surface area contributed by atoms with Crippen LogP contribution in [-0.2, 0) is 22.6 Å². The smallest absolute Gasteiger partial charge is 0.0762 e. The van der Waals surface area contributed by atoms with E-state index in [0.29, 0.717) is 6.61 Å². The summed E-state index contributed by atoms with van der Waals surface area (Å²) >= 11 is 0. The van der Waals surface area contributed by atoms with Crippen LogP contribution in [0.25, 0.3) is 0 Å². The second-order valence-electron chi connectivity index (χ2n) is 4.16. The number of nitrogens with zero attached hydrogens (tertiary/aromatic N) is 2. The SMILES string of the molecule is COCCNCc1ccn(CCOC(C)C)n1. The van der Waals surface area contributed by atoms with E-state index in [1.165, 1.54) is 0 Å². The highest BCUT2D eigenvalue weighted by molar-refractivity contribution is 4.98. The molecule has 0 saturated heterocycles. The minimum Gasteiger partial charge on any atom is -0.383 e. The topological polar surface area (TPSA) is 48.3 Å². The molecule has 0 aliphatic rings. The first-order valence-corrected chi connectivity index (χ1v) is 6.06. The summed E-state index contributed by atoms with van der Waals surface area (Å²) in [6, 6.07) is 2.02. The highest BCUT2D eigenvalue weighted by Gasteiger charge is 1.99. The Morgan fingerprint density at radius 2 is 2.24 bits per heavy atom. The van der Waals surface area contributed by atoms with Crippen LogP contribution in [-0.4, -0.2) is 42.8 Å². The van der Waals surface area contributed by atoms with Crippen molar-refractivity contribution in [3.63, 3.8) is 0 Å². The lowest BCUT2D eigenvalue weighted by atomic mass is 10.4. The van der Waals surface area contributed by atoms with Crippen LogP contribution in [0.2, 0.25) is 0 Å². The molecule has 0 saturated carbocycles. The summed E-state index contributed by atoms with van der Waals surface area (Å²) in [5.41, 5.74) is 1.05. The lowest BCUT2D eigenvalue weighted by Crippen LogP contribution is -2.19. The summed E-state index contributed by atoms with van der Waals surface area (Å²) in [7, 11) is 1.70. The molecule has 0 bridgehead atoms. The molecular formula is C12H23N3O2. The largest absolute Gasteiger partial charge is 0.383 e. The number of ether oxygens (including phenoxy) is 2. The van der Waals surface area contributed by atoms with Crippen molar-refractivity contribution in [1.82, 2.24) is 15.1 Å². The van der Waals surface area contributed by atoms with E-state index in [2.05, 4.69) is 10.4 Å². The number of aromatic nitrogens is 2. The first-order chi connectivity index (χ1) is 8.22. The lowest BCUT2D eigenvalue weighted by Gasteiger charge is -2.07. The summed E-state index contributed by atoms with van der Waals surface area (Å²) in [6.45, 7) is 7.93. The third-order valence-corrected chi connectivity index (χ3v) is 2.26. The maximum atomic E-state index is 5.48. The van der Waals surface area contributed by atoms with E-state index in [0.717, 1.165) is 31.9 Å². The zero-order valence-corrected chi connectivity index (χ0v) is 11.0. The Labute approximate surface area is 103 Å². The van der Waals surface area contributed by atoms with Gasteiger partial charge in [-0.25, -0.2) is 0 Å². The van der Waals surface area contributed by atoms with Gasteiger partial charge in [0.25, 0.3) is 0 Å². The van der Waals surface area contributed by atoms with Crippen LogP contribution >= 0.6 is 0 Å². The average molecular weight is 241 g/mol. The third-order valence-electron chi connectivity index (χ3n) is 2.26. The van der Waals surface area contributed by atoms with Gasteiger partial charge < -0.3 is 14.8 Å². The van der Waals surface area contributed by atoms with Gasteiger partial charge in [-0.05, 0) is 19.9 Å². The molecule has 0 unspecified atom stereocenters. The molecule has 0 fully saturated rings. The van der Waals surface area contributed by atoms with Crippen molar-refractivity contribution in [2.75, 3.05) is 26.9 Å². The zero-order valence-electron chi connectivity index (χ0n) is 11.0. The molecule has 0 aromatic carbocycles. The number of methoxy groups -OCH3 is 1. The fourth-order valence-corrected chi connectivity index (χ4v) is 1.40. The van der Waals surface area contributed by atoms with Gasteiger partial charge in [0.15, 0.2) is 0 Å². The van der Waals surface area contributed by atoms with Crippen molar-refractivity contribution in [1.29, 1.82) is 0 Å². The van der Waals surface area contributed by atoms with Gasteiger partial charge in [-0.1, -0.05) is 0 Å². The van der Waals surface area contributed by atoms with Crippen LogP contribution in [0.5, 0.6) is 0 Å². The Morgan fingerprint density at radius 1 is 1.41 bits per heavy atom. The Bertz CT molecular complexity index is 300. The molecule has 1 aromatic rings. The number of rotatable bonds is 9. The number of hydrogen-bond acceptors (Lipinski definition) is 4. The molecule has 1 rings (SSSR count). The van der Waals surface area contributed by atoms with Gasteiger partial charge in [0.1, 0.15) is 0 Å². The Morgan fingerprint density at radius 3 is 2.94 bits per heavy atom. The van der Waals surface area contributed by atoms with E-state index < -0.39 is 0 Å². The molecule has 98 valence electrons. The zero-order chi connectivity index (χ0) is 12.5. The van der Waals surface area contributed by atoms with Gasteiger partial charge in [0.2, 0.25) is 0 Å². The van der Waals surface area contributed by atoms with Crippen LogP contribution in [0, 0.1) is 0 Å². The fourth-order valence-electron chi connectivity index (χ4n) is 1.40. The predicted octanol–water partition coefficient (Wildman–Crippen LogP) is 1.04. The highest BCUT2D eigenvalue weighted by Crippen LogP contribution is 1.96. The monoisotopic (exact) mass is 241 g/mol. The van der Waals surface area contributed by atoms with Crippen LogP contribution in [0.3, 0.4) is 0 Å². The summed E-state index contributed by atoms with van der Waals surface area (Å²) in [5.74, 6) is 0. The van der Waals surface area contributed by atoms with E-state index >= 15 is 0 Å². The molecule has 0 spiro atoms. The Kier molecular flexibility index (Phi) is 6.84. The molecular weight excluding hydrogens is 218 g/mol. The fraction of sp³-hybridized carbons (Fsp3) is 0.750. The summed E-state index contributed by atoms with van der Waals surface area (Å²) in [4.78, 5) is 0. The maximum Gasteiger partial charge on any atom is 0.0762 e. The van der Waals surface area contributed by atoms with Gasteiger partial charge in [0, 0.05) is 26.4 Å². The molecule has 5 heteroatoms. The molecule has 5 nitrogen and oxygen atoms in total. The third kappa shape index (κ3) is 6.41. The molecule has 17 heavy (non-hydrogen) atoms. The van der Waals surface area contributed by atoms with Gasteiger partial charge in [-0.15, -0.1) is 0 Å². The molecule has 1 heterocycles. The van der Waals surface area contributed by atoms with E-state index in [-0.39, 0.29) is 6.10 Å². The lowest BCUT2D eigenvalue weighted by molar-refractivity contribution is 0.0709. The highest BCUT2D eigenvalue weighted by atomic mass is 16.5. The van der Waals surface area contributed by atoms with E-state index in [9.17, 15) is 0 Å². The van der Waals surface area contributed by atoms with Crippen LogP contribution < -0.4 is 5.32 Å². The van der Waals surface area contributed by atoms with Crippen LogP contribution in [0.1, 0.15) is 19.5 Å². The summed E-state index contributed by atoms with van der Waals surface area (Å²) in [6.07, 6.45) is 2.26. The summed E-state index contributed by atoms with van der Waals surface area (Å²) < 4.78 is 12.3. The molecule has 1 aromatic heterocycles. The maximum absolute atomic E-state index is 5.48. The van der Waals surface area contributed by atoms with Crippen molar-refractivity contribution < 1.29 is 9.47 Å². The summed E-state index contributed by atoms with van der Waals surface area (Å²) in [5, 5.41) is 7.70. The molecule has 0 radical (unpaired) electrons. The second kappa shape index (κ2) is 8.22. The van der Waals surface area contributed by atoms with Crippen molar-refractivity contribution in [2.24, 2.45) is 0 Å². The standard InChI is InChI=1S/C12H23N3O2/c1-11(2)17-9-7-15-6-4-12(14-15)10-13-5-8-16-3/h4,6,11,13H,5,7-10H2,1-3H3. The van der Waals surface area contributed by atoms with Crippen LogP contribution in [0.4, 0.5) is 0 Å². The molecule has 0 aliphatic carbocycles. The van der Waals surface area contributed by atoms with Gasteiger partial charge >= 0.3 is 0 Å². The second-order valence-corrected chi connectivity index (χ2v) is 4.16. The van der Waals surface area contributed by atoms with Gasteiger partial charge in [-0.2, -0.15) is 5.10 Å². The van der Waals surface area contributed by atoms with E-state index in [1.54, 1.807) is 7.11 Å². The average Bonchev–Trinajstić information content (AvgIpc) is 2.72. The number of hydrogen-bond donors (Lipinski definition) is 1. The molecule has 0 aliphatic heterocycles. The minimum atomic E-state index is 0.278. The van der Waals surface area contributed by atoms with Crippen molar-refractivity contribution in [2.45, 2.75) is 33.0 Å². The van der Waals surface area contributed by atoms with Crippen molar-refractivity contribution >= 4 is 0 Å². The number of nitrogens with one attached hydrogen (secondary N) is 1. The van der Waals surface area contributed by atoms with E-state index in [1.807, 2.05) is 30.8 Å².